The van der Waals surface area contributed by atoms with Crippen LogP contribution in [0.2, 0.25) is 0 Å². The van der Waals surface area contributed by atoms with E-state index in [2.05, 4.69) is 15.1 Å². The van der Waals surface area contributed by atoms with E-state index in [4.69, 9.17) is 0 Å². The van der Waals surface area contributed by atoms with E-state index in [1.807, 2.05) is 12.1 Å². The molecule has 2 heterocycles. The van der Waals surface area contributed by atoms with Crippen molar-refractivity contribution in [3.8, 4) is 5.75 Å². The van der Waals surface area contributed by atoms with E-state index in [-0.39, 0.29) is 11.5 Å². The number of aromatic nitrogens is 3. The van der Waals surface area contributed by atoms with Crippen molar-refractivity contribution < 1.29 is 9.50 Å². The Labute approximate surface area is 169 Å². The molecule has 2 N–H and O–H groups in total. The normalized spacial score (nSPS) is 20.5. The summed E-state index contributed by atoms with van der Waals surface area (Å²) in [4.78, 5) is 14.0. The third kappa shape index (κ3) is 4.60. The molecule has 1 fully saturated rings. The van der Waals surface area contributed by atoms with Crippen molar-refractivity contribution >= 4 is 11.4 Å². The number of phenolic OH excluding ortho intramolecular Hbond substituents is 1. The van der Waals surface area contributed by atoms with Gasteiger partial charge in [-0.2, -0.15) is 5.10 Å². The summed E-state index contributed by atoms with van der Waals surface area (Å²) in [6, 6.07) is 7.39. The number of hydrogen-bond acceptors (Lipinski definition) is 4. The number of nitrogens with zero attached hydrogens (tertiary/aromatic N) is 3. The molecule has 1 aliphatic carbocycles. The molecule has 1 aromatic heterocycles. The van der Waals surface area contributed by atoms with Crippen LogP contribution < -0.4 is 10.6 Å². The number of benzene rings is 1. The molecule has 1 aliphatic heterocycles. The first-order valence-corrected chi connectivity index (χ1v) is 10.3. The van der Waals surface area contributed by atoms with Gasteiger partial charge in [0, 0.05) is 24.5 Å². The molecule has 1 aromatic carbocycles. The monoisotopic (exact) mass is 398 g/mol. The number of nitrogens with one attached hydrogen (secondary N) is 1. The minimum atomic E-state index is -0.330. The van der Waals surface area contributed by atoms with E-state index in [9.17, 15) is 14.3 Å². The number of allylic oxidation sites excluding steroid dienone is 4. The van der Waals surface area contributed by atoms with Gasteiger partial charge >= 0.3 is 5.69 Å². The highest BCUT2D eigenvalue weighted by molar-refractivity contribution is 5.53. The van der Waals surface area contributed by atoms with Crippen LogP contribution in [0.3, 0.4) is 0 Å². The molecule has 0 bridgehead atoms. The fraction of sp³-hybridized carbons (Fsp3) is 0.455. The summed E-state index contributed by atoms with van der Waals surface area (Å²) in [6.07, 6.45) is 9.36. The molecular weight excluding hydrogens is 371 g/mol. The number of hydrogen-bond donors (Lipinski definition) is 2. The van der Waals surface area contributed by atoms with Gasteiger partial charge in [-0.15, -0.1) is 0 Å². The Bertz CT molecular complexity index is 958. The van der Waals surface area contributed by atoms with Gasteiger partial charge in [0.05, 0.1) is 0 Å². The average molecular weight is 398 g/mol. The third-order valence-electron chi connectivity index (χ3n) is 6.09. The smallest absolute Gasteiger partial charge is 0.347 e. The van der Waals surface area contributed by atoms with Crippen LogP contribution in [0.15, 0.2) is 52.9 Å². The van der Waals surface area contributed by atoms with Gasteiger partial charge in [-0.3, -0.25) is 4.57 Å². The highest BCUT2D eigenvalue weighted by Crippen LogP contribution is 2.33. The van der Waals surface area contributed by atoms with Crippen LogP contribution in [0.4, 0.5) is 10.1 Å². The molecule has 6 nitrogen and oxygen atoms in total. The Morgan fingerprint density at radius 2 is 2.00 bits per heavy atom. The molecule has 0 saturated carbocycles. The molecule has 154 valence electrons. The lowest BCUT2D eigenvalue weighted by Crippen LogP contribution is -2.24. The van der Waals surface area contributed by atoms with Gasteiger partial charge in [-0.05, 0) is 86.8 Å². The first-order chi connectivity index (χ1) is 14.1. The first kappa shape index (κ1) is 19.5. The predicted octanol–water partition coefficient (Wildman–Crippen LogP) is 4.22. The van der Waals surface area contributed by atoms with Crippen LogP contribution >= 0.6 is 0 Å². The second kappa shape index (κ2) is 8.68. The Morgan fingerprint density at radius 1 is 1.17 bits per heavy atom. The molecule has 1 unspecified atom stereocenters. The molecule has 0 radical (unpaired) electrons. The minimum absolute atomic E-state index is 0.196. The van der Waals surface area contributed by atoms with Crippen molar-refractivity contribution in [2.75, 3.05) is 18.0 Å². The van der Waals surface area contributed by atoms with Crippen molar-refractivity contribution in [3.63, 3.8) is 0 Å². The van der Waals surface area contributed by atoms with Crippen LogP contribution in [0.1, 0.15) is 44.9 Å². The van der Waals surface area contributed by atoms with E-state index in [0.717, 1.165) is 56.5 Å². The molecule has 1 atom stereocenters. The molecule has 1 saturated heterocycles. The molecular formula is C22H27FN4O2. The Kier molecular flexibility index (Phi) is 5.83. The van der Waals surface area contributed by atoms with Crippen molar-refractivity contribution in [3.05, 3.63) is 58.6 Å². The zero-order valence-electron chi connectivity index (χ0n) is 16.5. The van der Waals surface area contributed by atoms with Gasteiger partial charge in [0.15, 0.2) is 0 Å². The van der Waals surface area contributed by atoms with Crippen LogP contribution in [0.25, 0.3) is 5.70 Å². The van der Waals surface area contributed by atoms with E-state index in [0.29, 0.717) is 30.2 Å². The SMILES string of the molecule is O=c1[nH]ncn1C1=CC(F)=C(CCC2CCCN(c3ccc(O)cc3)CC2)CC1. The standard InChI is InChI=1S/C22H27FN4O2/c23-21-14-19(27-15-24-25-22(27)29)6-5-17(21)4-3-16-2-1-12-26(13-11-16)18-7-9-20(28)10-8-18/h7-10,14-16,28H,1-6,11-13H2,(H,25,29). The topological polar surface area (TPSA) is 74.2 Å². The van der Waals surface area contributed by atoms with Gasteiger partial charge in [-0.25, -0.2) is 14.3 Å². The number of phenols is 1. The maximum atomic E-state index is 14.6. The molecule has 2 aliphatic rings. The lowest BCUT2D eigenvalue weighted by atomic mass is 9.90. The molecule has 7 heteroatoms. The summed E-state index contributed by atoms with van der Waals surface area (Å²) >= 11 is 0. The summed E-state index contributed by atoms with van der Waals surface area (Å²) in [6.45, 7) is 2.01. The molecule has 0 amide bonds. The fourth-order valence-electron chi connectivity index (χ4n) is 4.36. The van der Waals surface area contributed by atoms with Gasteiger partial charge in [-0.1, -0.05) is 0 Å². The lowest BCUT2D eigenvalue weighted by molar-refractivity contribution is 0.434. The number of H-pyrrole nitrogens is 1. The van der Waals surface area contributed by atoms with E-state index >= 15 is 0 Å². The maximum absolute atomic E-state index is 14.6. The minimum Gasteiger partial charge on any atom is -0.508 e. The summed E-state index contributed by atoms with van der Waals surface area (Å²) in [5, 5.41) is 15.5. The predicted molar refractivity (Wildman–Crippen MR) is 111 cm³/mol. The average Bonchev–Trinajstić information content (AvgIpc) is 3.01. The number of anilines is 1. The lowest BCUT2D eigenvalue weighted by Gasteiger charge is -2.23. The maximum Gasteiger partial charge on any atom is 0.347 e. The zero-order chi connectivity index (χ0) is 20.2. The fourth-order valence-corrected chi connectivity index (χ4v) is 4.36. The highest BCUT2D eigenvalue weighted by atomic mass is 19.1. The number of aromatic amines is 1. The molecule has 4 rings (SSSR count). The van der Waals surface area contributed by atoms with Crippen molar-refractivity contribution in [1.82, 2.24) is 14.8 Å². The molecule has 2 aromatic rings. The number of aromatic hydroxyl groups is 1. The van der Waals surface area contributed by atoms with Crippen molar-refractivity contribution in [1.29, 1.82) is 0 Å². The second-order valence-electron chi connectivity index (χ2n) is 7.96. The van der Waals surface area contributed by atoms with Crippen LogP contribution in [0, 0.1) is 5.92 Å². The van der Waals surface area contributed by atoms with Crippen LogP contribution in [0.5, 0.6) is 5.75 Å². The highest BCUT2D eigenvalue weighted by Gasteiger charge is 2.20. The Morgan fingerprint density at radius 3 is 2.72 bits per heavy atom. The summed E-state index contributed by atoms with van der Waals surface area (Å²) in [5.41, 5.74) is 2.34. The Balaban J connectivity index is 1.33. The molecule has 0 spiro atoms. The van der Waals surface area contributed by atoms with E-state index in [1.165, 1.54) is 17.0 Å². The van der Waals surface area contributed by atoms with Crippen LogP contribution in [-0.2, 0) is 0 Å². The number of halogens is 1. The third-order valence-corrected chi connectivity index (χ3v) is 6.09. The van der Waals surface area contributed by atoms with Crippen molar-refractivity contribution in [2.24, 2.45) is 5.92 Å². The summed E-state index contributed by atoms with van der Waals surface area (Å²) < 4.78 is 16.0. The van der Waals surface area contributed by atoms with Gasteiger partial charge in [0.25, 0.3) is 0 Å². The summed E-state index contributed by atoms with van der Waals surface area (Å²) in [7, 11) is 0. The zero-order valence-corrected chi connectivity index (χ0v) is 16.5. The first-order valence-electron chi connectivity index (χ1n) is 10.3. The quantitative estimate of drug-likeness (QED) is 0.791. The Hall–Kier alpha value is -2.83. The van der Waals surface area contributed by atoms with Crippen molar-refractivity contribution in [2.45, 2.75) is 44.9 Å². The van der Waals surface area contributed by atoms with E-state index in [1.54, 1.807) is 12.1 Å². The van der Waals surface area contributed by atoms with Gasteiger partial charge in [0.2, 0.25) is 0 Å². The van der Waals surface area contributed by atoms with Crippen LogP contribution in [-0.4, -0.2) is 33.0 Å². The summed E-state index contributed by atoms with van der Waals surface area (Å²) in [5.74, 6) is 0.692. The van der Waals surface area contributed by atoms with E-state index < -0.39 is 0 Å². The largest absolute Gasteiger partial charge is 0.508 e. The number of rotatable bonds is 5. The second-order valence-corrected chi connectivity index (χ2v) is 7.96. The molecule has 29 heavy (non-hydrogen) atoms. The van der Waals surface area contributed by atoms with Gasteiger partial charge in [0.1, 0.15) is 17.9 Å². The van der Waals surface area contributed by atoms with Gasteiger partial charge < -0.3 is 10.0 Å².